The summed E-state index contributed by atoms with van der Waals surface area (Å²) in [6.45, 7) is 5.74. The first-order valence-electron chi connectivity index (χ1n) is 6.43. The monoisotopic (exact) mass is 232 g/mol. The Morgan fingerprint density at radius 2 is 2.18 bits per heavy atom. The third kappa shape index (κ3) is 2.09. The van der Waals surface area contributed by atoms with Gasteiger partial charge in [-0.1, -0.05) is 0 Å². The maximum absolute atomic E-state index is 5.78. The summed E-state index contributed by atoms with van der Waals surface area (Å²) in [5.74, 6) is 1.79. The van der Waals surface area contributed by atoms with Gasteiger partial charge in [-0.25, -0.2) is 4.98 Å². The summed E-state index contributed by atoms with van der Waals surface area (Å²) in [6, 6.07) is 2.61. The number of anilines is 2. The van der Waals surface area contributed by atoms with E-state index in [0.29, 0.717) is 6.04 Å². The predicted molar refractivity (Wildman–Crippen MR) is 70.0 cm³/mol. The van der Waals surface area contributed by atoms with Gasteiger partial charge in [-0.15, -0.1) is 0 Å². The molecule has 3 aliphatic rings. The van der Waals surface area contributed by atoms with Crippen molar-refractivity contribution in [2.24, 2.45) is 5.92 Å². The second-order valence-electron chi connectivity index (χ2n) is 5.32. The minimum absolute atomic E-state index is 0.563. The van der Waals surface area contributed by atoms with Crippen LogP contribution in [-0.2, 0) is 0 Å². The Bertz CT molecular complexity index is 410. The summed E-state index contributed by atoms with van der Waals surface area (Å²) in [4.78, 5) is 6.91. The van der Waals surface area contributed by atoms with Gasteiger partial charge in [-0.2, -0.15) is 0 Å². The molecule has 4 heteroatoms. The molecule has 4 heterocycles. The molecule has 0 spiro atoms. The number of hydrogen-bond acceptors (Lipinski definition) is 4. The van der Waals surface area contributed by atoms with E-state index in [1.54, 1.807) is 6.20 Å². The van der Waals surface area contributed by atoms with E-state index < -0.39 is 0 Å². The van der Waals surface area contributed by atoms with Crippen molar-refractivity contribution in [2.45, 2.75) is 25.8 Å². The Hall–Kier alpha value is -1.29. The maximum atomic E-state index is 5.78. The summed E-state index contributed by atoms with van der Waals surface area (Å²) in [5, 5.41) is 3.57. The molecule has 3 saturated heterocycles. The molecule has 0 aliphatic carbocycles. The van der Waals surface area contributed by atoms with Crippen molar-refractivity contribution in [3.63, 3.8) is 0 Å². The summed E-state index contributed by atoms with van der Waals surface area (Å²) in [7, 11) is 0. The van der Waals surface area contributed by atoms with Crippen molar-refractivity contribution in [1.82, 2.24) is 9.88 Å². The van der Waals surface area contributed by atoms with E-state index in [1.165, 1.54) is 25.9 Å². The number of nitrogens with two attached hydrogens (primary N) is 1. The molecule has 0 saturated carbocycles. The van der Waals surface area contributed by atoms with E-state index >= 15 is 0 Å². The number of aryl methyl sites for hydroxylation is 1. The van der Waals surface area contributed by atoms with Crippen LogP contribution in [0, 0.1) is 12.8 Å². The highest BCUT2D eigenvalue weighted by atomic mass is 15.2. The van der Waals surface area contributed by atoms with E-state index in [-0.39, 0.29) is 0 Å². The lowest BCUT2D eigenvalue weighted by Gasteiger charge is -2.45. The molecule has 17 heavy (non-hydrogen) atoms. The van der Waals surface area contributed by atoms with Gasteiger partial charge in [0.2, 0.25) is 0 Å². The number of hydrogen-bond donors (Lipinski definition) is 2. The fourth-order valence-corrected chi connectivity index (χ4v) is 2.96. The van der Waals surface area contributed by atoms with Crippen LogP contribution in [0.25, 0.3) is 0 Å². The second kappa shape index (κ2) is 4.18. The number of fused-ring (bicyclic) bond motifs is 3. The molecule has 4 nitrogen and oxygen atoms in total. The van der Waals surface area contributed by atoms with E-state index in [9.17, 15) is 0 Å². The third-order valence-electron chi connectivity index (χ3n) is 4.14. The Balaban J connectivity index is 1.72. The van der Waals surface area contributed by atoms with Gasteiger partial charge < -0.3 is 16.0 Å². The van der Waals surface area contributed by atoms with Crippen LogP contribution >= 0.6 is 0 Å². The van der Waals surface area contributed by atoms with E-state index in [4.69, 9.17) is 5.73 Å². The van der Waals surface area contributed by atoms with Crippen LogP contribution in [0.3, 0.4) is 0 Å². The highest BCUT2D eigenvalue weighted by Crippen LogP contribution is 2.29. The molecular weight excluding hydrogens is 212 g/mol. The van der Waals surface area contributed by atoms with Crippen LogP contribution < -0.4 is 11.1 Å². The molecule has 0 radical (unpaired) electrons. The summed E-state index contributed by atoms with van der Waals surface area (Å²) in [6.07, 6.45) is 4.40. The van der Waals surface area contributed by atoms with Crippen LogP contribution in [0.1, 0.15) is 18.4 Å². The number of pyridine rings is 1. The van der Waals surface area contributed by atoms with Gasteiger partial charge in [0.05, 0.1) is 11.9 Å². The Morgan fingerprint density at radius 1 is 1.41 bits per heavy atom. The largest absolute Gasteiger partial charge is 0.397 e. The third-order valence-corrected chi connectivity index (χ3v) is 4.14. The lowest BCUT2D eigenvalue weighted by molar-refractivity contribution is 0.0974. The molecule has 3 N–H and O–H groups in total. The quantitative estimate of drug-likeness (QED) is 0.811. The topological polar surface area (TPSA) is 54.2 Å². The molecule has 1 aromatic heterocycles. The van der Waals surface area contributed by atoms with Crippen LogP contribution in [0.15, 0.2) is 12.3 Å². The lowest BCUT2D eigenvalue weighted by Crippen LogP contribution is -2.53. The standard InChI is InChI=1S/C13H20N4/c1-9-6-13(15-7-11(9)14)16-12-8-17-4-2-10(12)3-5-17/h6-7,10,12H,2-5,8,14H2,1H3,(H,15,16). The SMILES string of the molecule is Cc1cc(NC2CN3CCC2CC3)ncc1N. The predicted octanol–water partition coefficient (Wildman–Crippen LogP) is 1.48. The first kappa shape index (κ1) is 10.8. The summed E-state index contributed by atoms with van der Waals surface area (Å²) in [5.41, 5.74) is 7.65. The van der Waals surface area contributed by atoms with Crippen molar-refractivity contribution in [3.05, 3.63) is 17.8 Å². The number of nitrogen functional groups attached to an aromatic ring is 1. The molecule has 4 rings (SSSR count). The number of nitrogens with zero attached hydrogens (tertiary/aromatic N) is 2. The molecule has 3 fully saturated rings. The zero-order chi connectivity index (χ0) is 11.8. The smallest absolute Gasteiger partial charge is 0.126 e. The average Bonchev–Trinajstić information content (AvgIpc) is 2.35. The molecule has 2 bridgehead atoms. The number of rotatable bonds is 2. The zero-order valence-corrected chi connectivity index (χ0v) is 10.3. The van der Waals surface area contributed by atoms with Gasteiger partial charge in [0.15, 0.2) is 0 Å². The first-order chi connectivity index (χ1) is 8.22. The first-order valence-corrected chi connectivity index (χ1v) is 6.43. The fourth-order valence-electron chi connectivity index (χ4n) is 2.96. The molecule has 1 unspecified atom stereocenters. The average molecular weight is 232 g/mol. The van der Waals surface area contributed by atoms with E-state index in [2.05, 4.69) is 15.2 Å². The van der Waals surface area contributed by atoms with Gasteiger partial charge in [0.25, 0.3) is 0 Å². The molecule has 3 aliphatic heterocycles. The van der Waals surface area contributed by atoms with E-state index in [1.807, 2.05) is 13.0 Å². The Morgan fingerprint density at radius 3 is 2.76 bits per heavy atom. The van der Waals surface area contributed by atoms with Crippen LogP contribution in [0.4, 0.5) is 11.5 Å². The van der Waals surface area contributed by atoms with Gasteiger partial charge in [0.1, 0.15) is 5.82 Å². The number of nitrogens with one attached hydrogen (secondary N) is 1. The number of aromatic nitrogens is 1. The Labute approximate surface area is 102 Å². The minimum Gasteiger partial charge on any atom is -0.397 e. The maximum Gasteiger partial charge on any atom is 0.126 e. The molecule has 92 valence electrons. The molecule has 0 amide bonds. The van der Waals surface area contributed by atoms with E-state index in [0.717, 1.165) is 29.5 Å². The summed E-state index contributed by atoms with van der Waals surface area (Å²) >= 11 is 0. The van der Waals surface area contributed by atoms with Crippen LogP contribution in [0.2, 0.25) is 0 Å². The van der Waals surface area contributed by atoms with Crippen molar-refractivity contribution in [2.75, 3.05) is 30.7 Å². The van der Waals surface area contributed by atoms with Gasteiger partial charge >= 0.3 is 0 Å². The fraction of sp³-hybridized carbons (Fsp3) is 0.615. The zero-order valence-electron chi connectivity index (χ0n) is 10.3. The minimum atomic E-state index is 0.563. The highest BCUT2D eigenvalue weighted by molar-refractivity contribution is 5.51. The van der Waals surface area contributed by atoms with Crippen molar-refractivity contribution >= 4 is 11.5 Å². The van der Waals surface area contributed by atoms with Gasteiger partial charge in [0, 0.05) is 12.6 Å². The van der Waals surface area contributed by atoms with Gasteiger partial charge in [-0.05, 0) is 50.4 Å². The normalized spacial score (nSPS) is 31.5. The van der Waals surface area contributed by atoms with Crippen LogP contribution in [-0.4, -0.2) is 35.6 Å². The van der Waals surface area contributed by atoms with Gasteiger partial charge in [-0.3, -0.25) is 0 Å². The number of piperidine rings is 3. The second-order valence-corrected chi connectivity index (χ2v) is 5.32. The molecule has 0 aromatic carbocycles. The Kier molecular flexibility index (Phi) is 2.67. The van der Waals surface area contributed by atoms with Crippen LogP contribution in [0.5, 0.6) is 0 Å². The van der Waals surface area contributed by atoms with Crippen molar-refractivity contribution in [1.29, 1.82) is 0 Å². The molecule has 1 aromatic rings. The highest BCUT2D eigenvalue weighted by Gasteiger charge is 2.34. The van der Waals surface area contributed by atoms with Crippen molar-refractivity contribution in [3.8, 4) is 0 Å². The summed E-state index contributed by atoms with van der Waals surface area (Å²) < 4.78 is 0. The lowest BCUT2D eigenvalue weighted by atomic mass is 9.84. The molecular formula is C13H20N4. The molecule has 1 atom stereocenters. The van der Waals surface area contributed by atoms with Crippen molar-refractivity contribution < 1.29 is 0 Å².